The van der Waals surface area contributed by atoms with Crippen LogP contribution >= 0.6 is 0 Å². The van der Waals surface area contributed by atoms with Gasteiger partial charge in [-0.05, 0) is 130 Å². The molecule has 0 spiro atoms. The lowest BCUT2D eigenvalue weighted by Gasteiger charge is -2.34. The average Bonchev–Trinajstić information content (AvgIpc) is 4.00. The maximum atomic E-state index is 2.48. The number of para-hydroxylation sites is 1. The third kappa shape index (κ3) is 5.10. The molecule has 2 aliphatic carbocycles. The first-order chi connectivity index (χ1) is 32.3. The fraction of sp³-hybridized carbons (Fsp3) is 0.0312. The molecule has 1 atom stereocenters. The van der Waals surface area contributed by atoms with Gasteiger partial charge in [-0.25, -0.2) is 0 Å². The van der Waals surface area contributed by atoms with Crippen LogP contribution in [0.25, 0.3) is 82.4 Å². The summed E-state index contributed by atoms with van der Waals surface area (Å²) in [6.45, 7) is 0. The van der Waals surface area contributed by atoms with Crippen molar-refractivity contribution in [3.8, 4) is 39.1 Å². The highest BCUT2D eigenvalue weighted by Gasteiger charge is 2.49. The van der Waals surface area contributed by atoms with Gasteiger partial charge in [0.05, 0.1) is 16.4 Å². The predicted molar refractivity (Wildman–Crippen MR) is 271 cm³/mol. The van der Waals surface area contributed by atoms with E-state index >= 15 is 0 Å². The van der Waals surface area contributed by atoms with Crippen molar-refractivity contribution < 1.29 is 0 Å². The largest absolute Gasteiger partial charge is 0.309 e. The molecule has 65 heavy (non-hydrogen) atoms. The van der Waals surface area contributed by atoms with Crippen LogP contribution in [0.1, 0.15) is 44.9 Å². The number of rotatable bonds is 5. The minimum atomic E-state index is -0.478. The van der Waals surface area contributed by atoms with Crippen LogP contribution in [-0.4, -0.2) is 4.57 Å². The summed E-state index contributed by atoms with van der Waals surface area (Å²) in [5.41, 5.74) is 20.2. The third-order valence-corrected chi connectivity index (χ3v) is 14.7. The normalized spacial score (nSPS) is 14.4. The van der Waals surface area contributed by atoms with Crippen LogP contribution in [0, 0.1) is 0 Å². The molecule has 1 nitrogen and oxygen atoms in total. The van der Waals surface area contributed by atoms with E-state index in [2.05, 4.69) is 247 Å². The summed E-state index contributed by atoms with van der Waals surface area (Å²) in [5, 5.41) is 7.58. The highest BCUT2D eigenvalue weighted by molar-refractivity contribution is 6.11. The minimum Gasteiger partial charge on any atom is -0.309 e. The Kier molecular flexibility index (Phi) is 7.73. The predicted octanol–water partition coefficient (Wildman–Crippen LogP) is 16.3. The van der Waals surface area contributed by atoms with Crippen molar-refractivity contribution in [2.24, 2.45) is 0 Å². The van der Waals surface area contributed by atoms with Crippen molar-refractivity contribution in [1.82, 2.24) is 4.57 Å². The molecule has 0 aliphatic heterocycles. The molecule has 1 unspecified atom stereocenters. The molecule has 2 aliphatic rings. The van der Waals surface area contributed by atoms with Crippen molar-refractivity contribution in [1.29, 1.82) is 0 Å². The van der Waals surface area contributed by atoms with Gasteiger partial charge in [-0.3, -0.25) is 0 Å². The second-order valence-electron chi connectivity index (χ2n) is 17.9. The standard InChI is InChI=1S/C64H41N/c1-3-20-46(21-4-1)64(47-22-5-2-6-23-47)57-28-13-11-26-54(57)62-58(64)36-35-53-55-39-44(31-34-52(55)61(63(53)62)51-27-15-19-42-17-9-10-24-49(42)51)45-32-37-60-56(40-45)50-25-12-14-29-59(50)65(60)48-33-30-41-16-7-8-18-43(41)38-48/h1-40,61H. The van der Waals surface area contributed by atoms with Crippen LogP contribution in [0.5, 0.6) is 0 Å². The number of hydrogen-bond acceptors (Lipinski definition) is 0. The third-order valence-electron chi connectivity index (χ3n) is 14.7. The van der Waals surface area contributed by atoms with E-state index < -0.39 is 5.41 Å². The van der Waals surface area contributed by atoms with Crippen LogP contribution in [0.2, 0.25) is 0 Å². The first-order valence-corrected chi connectivity index (χ1v) is 22.8. The second-order valence-corrected chi connectivity index (χ2v) is 17.9. The maximum absolute atomic E-state index is 2.48. The van der Waals surface area contributed by atoms with Crippen molar-refractivity contribution in [2.75, 3.05) is 0 Å². The molecule has 0 bridgehead atoms. The fourth-order valence-corrected chi connectivity index (χ4v) is 12.0. The van der Waals surface area contributed by atoms with E-state index in [4.69, 9.17) is 0 Å². The smallest absolute Gasteiger partial charge is 0.0713 e. The average molecular weight is 824 g/mol. The summed E-state index contributed by atoms with van der Waals surface area (Å²) < 4.78 is 2.43. The van der Waals surface area contributed by atoms with Crippen LogP contribution in [0.15, 0.2) is 243 Å². The van der Waals surface area contributed by atoms with Gasteiger partial charge >= 0.3 is 0 Å². The van der Waals surface area contributed by atoms with E-state index in [-0.39, 0.29) is 5.92 Å². The Morgan fingerprint density at radius 3 is 1.82 bits per heavy atom. The summed E-state index contributed by atoms with van der Waals surface area (Å²) in [6.07, 6.45) is 0. The van der Waals surface area contributed by atoms with E-state index in [1.54, 1.807) is 0 Å². The van der Waals surface area contributed by atoms with Gasteiger partial charge in [0.25, 0.3) is 0 Å². The highest BCUT2D eigenvalue weighted by Crippen LogP contribution is 2.62. The van der Waals surface area contributed by atoms with Crippen molar-refractivity contribution in [3.05, 3.63) is 282 Å². The summed E-state index contributed by atoms with van der Waals surface area (Å²) in [7, 11) is 0. The lowest BCUT2D eigenvalue weighted by molar-refractivity contribution is 0.767. The van der Waals surface area contributed by atoms with Gasteiger partial charge in [0, 0.05) is 22.4 Å². The number of fused-ring (bicyclic) bond motifs is 12. The van der Waals surface area contributed by atoms with Gasteiger partial charge in [0.1, 0.15) is 0 Å². The lowest BCUT2D eigenvalue weighted by atomic mass is 9.67. The Bertz CT molecular complexity index is 3850. The molecule has 0 fully saturated rings. The van der Waals surface area contributed by atoms with Gasteiger partial charge in [0.2, 0.25) is 0 Å². The molecule has 302 valence electrons. The zero-order valence-electron chi connectivity index (χ0n) is 35.6. The van der Waals surface area contributed by atoms with E-state index in [0.717, 1.165) is 0 Å². The summed E-state index contributed by atoms with van der Waals surface area (Å²) in [4.78, 5) is 0. The van der Waals surface area contributed by atoms with Crippen molar-refractivity contribution in [3.63, 3.8) is 0 Å². The minimum absolute atomic E-state index is 0.0351. The first kappa shape index (κ1) is 36.2. The lowest BCUT2D eigenvalue weighted by Crippen LogP contribution is -2.28. The molecule has 1 heteroatoms. The van der Waals surface area contributed by atoms with Crippen LogP contribution in [-0.2, 0) is 5.41 Å². The van der Waals surface area contributed by atoms with Gasteiger partial charge in [-0.15, -0.1) is 0 Å². The Morgan fingerprint density at radius 1 is 0.338 bits per heavy atom. The fourth-order valence-electron chi connectivity index (χ4n) is 12.0. The number of hydrogen-bond donors (Lipinski definition) is 0. The second kappa shape index (κ2) is 13.9. The summed E-state index contributed by atoms with van der Waals surface area (Å²) in [6, 6.07) is 91.0. The van der Waals surface area contributed by atoms with Crippen molar-refractivity contribution in [2.45, 2.75) is 11.3 Å². The molecular formula is C64H41N. The summed E-state index contributed by atoms with van der Waals surface area (Å²) >= 11 is 0. The molecular weight excluding hydrogens is 783 g/mol. The van der Waals surface area contributed by atoms with Crippen LogP contribution in [0.4, 0.5) is 0 Å². The molecule has 12 aromatic rings. The molecule has 14 rings (SSSR count). The van der Waals surface area contributed by atoms with Gasteiger partial charge < -0.3 is 4.57 Å². The number of benzene rings is 11. The molecule has 0 N–H and O–H groups in total. The molecule has 1 aromatic heterocycles. The topological polar surface area (TPSA) is 4.93 Å². The number of aromatic nitrogens is 1. The zero-order chi connectivity index (χ0) is 42.6. The van der Waals surface area contributed by atoms with Crippen LogP contribution < -0.4 is 0 Å². The van der Waals surface area contributed by atoms with E-state index in [0.29, 0.717) is 0 Å². The van der Waals surface area contributed by atoms with E-state index in [1.165, 1.54) is 121 Å². The molecule has 11 aromatic carbocycles. The van der Waals surface area contributed by atoms with Crippen molar-refractivity contribution >= 4 is 43.4 Å². The SMILES string of the molecule is c1ccc(C2(c3ccccc3)c3ccccc3-c3c2ccc2c3C(c3cccc4ccccc34)c3ccc(-c4ccc5c(c4)c4ccccc4n5-c4ccc5ccccc5c4)cc3-2)cc1. The molecule has 0 amide bonds. The maximum Gasteiger partial charge on any atom is 0.0713 e. The Morgan fingerprint density at radius 2 is 0.985 bits per heavy atom. The van der Waals surface area contributed by atoms with Crippen LogP contribution in [0.3, 0.4) is 0 Å². The number of nitrogens with zero attached hydrogens (tertiary/aromatic N) is 1. The Balaban J connectivity index is 1.01. The van der Waals surface area contributed by atoms with Gasteiger partial charge in [-0.2, -0.15) is 0 Å². The monoisotopic (exact) mass is 823 g/mol. The van der Waals surface area contributed by atoms with E-state index in [1.807, 2.05) is 0 Å². The van der Waals surface area contributed by atoms with Gasteiger partial charge in [0.15, 0.2) is 0 Å². The molecule has 0 radical (unpaired) electrons. The Labute approximate surface area is 378 Å². The molecule has 1 heterocycles. The summed E-state index contributed by atoms with van der Waals surface area (Å²) in [5.74, 6) is 0.0351. The first-order valence-electron chi connectivity index (χ1n) is 22.8. The molecule has 0 saturated heterocycles. The quantitative estimate of drug-likeness (QED) is 0.163. The van der Waals surface area contributed by atoms with Gasteiger partial charge in [-0.1, -0.05) is 206 Å². The highest BCUT2D eigenvalue weighted by atomic mass is 15.0. The van der Waals surface area contributed by atoms with E-state index in [9.17, 15) is 0 Å². The molecule has 0 saturated carbocycles. The Hall–Kier alpha value is -8.26. The zero-order valence-corrected chi connectivity index (χ0v) is 35.6.